The second-order valence-electron chi connectivity index (χ2n) is 3.87. The van der Waals surface area contributed by atoms with Crippen LogP contribution in [0.3, 0.4) is 0 Å². The number of aliphatic hydroxyl groups is 1. The highest BCUT2D eigenvalue weighted by molar-refractivity contribution is 6.26. The van der Waals surface area contributed by atoms with Gasteiger partial charge in [-0.3, -0.25) is 0 Å². The van der Waals surface area contributed by atoms with Crippen molar-refractivity contribution in [3.05, 3.63) is 0 Å². The molecule has 2 rings (SSSR count). The first-order valence-electron chi connectivity index (χ1n) is 5.77. The lowest BCUT2D eigenvalue weighted by Crippen LogP contribution is -2.06. The van der Waals surface area contributed by atoms with Crippen molar-refractivity contribution < 1.29 is 23.7 Å². The van der Waals surface area contributed by atoms with Gasteiger partial charge in [-0.15, -0.1) is 0 Å². The lowest BCUT2D eigenvalue weighted by atomic mass is 10.5. The molecule has 2 atom stereocenters. The zero-order valence-electron chi connectivity index (χ0n) is 9.89. The smallest absolute Gasteiger partial charge is 0.161 e. The van der Waals surface area contributed by atoms with E-state index >= 15 is 0 Å². The maximum absolute atomic E-state index is 8.26. The molecule has 6 heteroatoms. The summed E-state index contributed by atoms with van der Waals surface area (Å²) in [6.07, 6.45) is 1.70. The third-order valence-corrected chi connectivity index (χ3v) is 3.37. The molecule has 0 aromatic heterocycles. The van der Waals surface area contributed by atoms with Crippen LogP contribution in [0.25, 0.3) is 0 Å². The third-order valence-electron chi connectivity index (χ3n) is 2.17. The highest BCUT2D eigenvalue weighted by atomic mass is 28.2. The van der Waals surface area contributed by atoms with E-state index < -0.39 is 0 Å². The molecule has 2 unspecified atom stereocenters. The summed E-state index contributed by atoms with van der Waals surface area (Å²) in [4.78, 5) is 0. The first-order valence-corrected chi connectivity index (χ1v) is 7.35. The molecule has 16 heavy (non-hydrogen) atoms. The molecule has 2 saturated heterocycles. The number of rotatable bonds is 8. The molecular formula is C10H22O5Si. The van der Waals surface area contributed by atoms with E-state index in [4.69, 9.17) is 23.7 Å². The summed E-state index contributed by atoms with van der Waals surface area (Å²) in [5, 5.41) is 8.26. The lowest BCUT2D eigenvalue weighted by molar-refractivity contribution is 0.102. The van der Waals surface area contributed by atoms with Crippen LogP contribution in [0.1, 0.15) is 6.42 Å². The molecule has 96 valence electrons. The zero-order chi connectivity index (χ0) is 11.6. The van der Waals surface area contributed by atoms with Crippen LogP contribution >= 0.6 is 0 Å². The molecular weight excluding hydrogens is 228 g/mol. The van der Waals surface area contributed by atoms with Gasteiger partial charge in [0, 0.05) is 13.7 Å². The van der Waals surface area contributed by atoms with E-state index in [2.05, 4.69) is 0 Å². The Balaban J connectivity index is 0.000000168. The molecule has 2 fully saturated rings. The van der Waals surface area contributed by atoms with Crippen LogP contribution in [0.15, 0.2) is 0 Å². The minimum absolute atomic E-state index is 0.249. The van der Waals surface area contributed by atoms with Crippen LogP contribution in [0.4, 0.5) is 0 Å². The molecule has 0 spiro atoms. The average molecular weight is 250 g/mol. The van der Waals surface area contributed by atoms with Crippen LogP contribution in [-0.2, 0) is 18.6 Å². The van der Waals surface area contributed by atoms with Crippen molar-refractivity contribution in [1.29, 1.82) is 0 Å². The van der Waals surface area contributed by atoms with E-state index in [0.29, 0.717) is 18.8 Å². The van der Waals surface area contributed by atoms with E-state index in [-0.39, 0.29) is 9.76 Å². The second kappa shape index (κ2) is 9.09. The highest BCUT2D eigenvalue weighted by Gasteiger charge is 2.26. The quantitative estimate of drug-likeness (QED) is 0.351. The fraction of sp³-hybridized carbons (Fsp3) is 1.00. The SMILES string of the molecule is C(OCC1CO1)C1CO1.CO[SiH2]CCCO. The summed E-state index contributed by atoms with van der Waals surface area (Å²) in [7, 11) is 1.48. The molecule has 0 radical (unpaired) electrons. The van der Waals surface area contributed by atoms with E-state index in [1.165, 1.54) is 0 Å². The monoisotopic (exact) mass is 250 g/mol. The van der Waals surface area contributed by atoms with Crippen molar-refractivity contribution in [3.8, 4) is 0 Å². The summed E-state index contributed by atoms with van der Waals surface area (Å²) in [5.41, 5.74) is 0. The van der Waals surface area contributed by atoms with Gasteiger partial charge in [0.2, 0.25) is 0 Å². The normalized spacial score (nSPS) is 26.6. The summed E-state index contributed by atoms with van der Waals surface area (Å²) in [6.45, 7) is 3.58. The number of epoxide rings is 2. The molecule has 0 bridgehead atoms. The summed E-state index contributed by atoms with van der Waals surface area (Å²) in [6, 6.07) is 1.10. The van der Waals surface area contributed by atoms with Crippen LogP contribution in [-0.4, -0.2) is 67.2 Å². The van der Waals surface area contributed by atoms with E-state index in [1.807, 2.05) is 0 Å². The standard InChI is InChI=1S/C6H10O3.C4H12O2Si/c1(5-3-8-5)7-2-6-4-9-6;1-6-7-4-2-3-5/h5-6H,1-4H2;5H,2-4,7H2,1H3. The topological polar surface area (TPSA) is 63.8 Å². The lowest BCUT2D eigenvalue weighted by Gasteiger charge is -1.95. The van der Waals surface area contributed by atoms with Gasteiger partial charge in [-0.05, 0) is 12.5 Å². The van der Waals surface area contributed by atoms with E-state index in [9.17, 15) is 0 Å². The Morgan fingerprint density at radius 3 is 2.19 bits per heavy atom. The first kappa shape index (κ1) is 14.1. The van der Waals surface area contributed by atoms with Gasteiger partial charge in [-0.1, -0.05) is 0 Å². The fourth-order valence-corrected chi connectivity index (χ4v) is 1.73. The second-order valence-corrected chi connectivity index (χ2v) is 5.56. The van der Waals surface area contributed by atoms with Gasteiger partial charge in [-0.2, -0.15) is 0 Å². The Labute approximate surface area is 99.0 Å². The molecule has 1 N–H and O–H groups in total. The number of hydrogen-bond donors (Lipinski definition) is 1. The van der Waals surface area contributed by atoms with Gasteiger partial charge in [0.15, 0.2) is 9.76 Å². The Hall–Kier alpha value is 0.0169. The van der Waals surface area contributed by atoms with Gasteiger partial charge in [0.1, 0.15) is 12.2 Å². The third kappa shape index (κ3) is 9.26. The summed E-state index contributed by atoms with van der Waals surface area (Å²) < 4.78 is 20.0. The Morgan fingerprint density at radius 1 is 1.25 bits per heavy atom. The molecule has 0 aromatic rings. The van der Waals surface area contributed by atoms with E-state index in [0.717, 1.165) is 38.9 Å². The highest BCUT2D eigenvalue weighted by Crippen LogP contribution is 2.12. The Kier molecular flexibility index (Phi) is 8.00. The molecule has 0 saturated carbocycles. The van der Waals surface area contributed by atoms with Crippen LogP contribution in [0.5, 0.6) is 0 Å². The predicted molar refractivity (Wildman–Crippen MR) is 62.4 cm³/mol. The van der Waals surface area contributed by atoms with Crippen molar-refractivity contribution in [2.45, 2.75) is 24.7 Å². The van der Waals surface area contributed by atoms with Crippen molar-refractivity contribution in [2.24, 2.45) is 0 Å². The average Bonchev–Trinajstić information content (AvgIpc) is 3.14. The van der Waals surface area contributed by atoms with Gasteiger partial charge < -0.3 is 23.7 Å². The predicted octanol–water partition coefficient (Wildman–Crippen LogP) is -0.682. The molecule has 2 heterocycles. The van der Waals surface area contributed by atoms with Gasteiger partial charge in [-0.25, -0.2) is 0 Å². The molecule has 5 nitrogen and oxygen atoms in total. The van der Waals surface area contributed by atoms with Crippen LogP contribution in [0.2, 0.25) is 6.04 Å². The van der Waals surface area contributed by atoms with Crippen molar-refractivity contribution >= 4 is 9.76 Å². The summed E-state index contributed by atoms with van der Waals surface area (Å²) in [5.74, 6) is 0. The molecule has 0 amide bonds. The summed E-state index contributed by atoms with van der Waals surface area (Å²) >= 11 is 0. The van der Waals surface area contributed by atoms with Crippen LogP contribution < -0.4 is 0 Å². The van der Waals surface area contributed by atoms with Crippen molar-refractivity contribution in [1.82, 2.24) is 0 Å². The van der Waals surface area contributed by atoms with Gasteiger partial charge in [0.05, 0.1) is 26.4 Å². The Morgan fingerprint density at radius 2 is 1.81 bits per heavy atom. The van der Waals surface area contributed by atoms with Crippen molar-refractivity contribution in [3.63, 3.8) is 0 Å². The maximum atomic E-state index is 8.26. The fourth-order valence-electron chi connectivity index (χ4n) is 1.02. The van der Waals surface area contributed by atoms with E-state index in [1.54, 1.807) is 7.11 Å². The zero-order valence-corrected chi connectivity index (χ0v) is 11.3. The van der Waals surface area contributed by atoms with Gasteiger partial charge >= 0.3 is 0 Å². The van der Waals surface area contributed by atoms with Crippen LogP contribution in [0, 0.1) is 0 Å². The molecule has 0 aromatic carbocycles. The molecule has 0 aliphatic carbocycles. The number of aliphatic hydroxyl groups excluding tert-OH is 1. The first-order chi connectivity index (χ1) is 7.86. The Bertz CT molecular complexity index is 145. The maximum Gasteiger partial charge on any atom is 0.161 e. The largest absolute Gasteiger partial charge is 0.427 e. The number of ether oxygens (including phenoxy) is 3. The minimum Gasteiger partial charge on any atom is -0.427 e. The van der Waals surface area contributed by atoms with Crippen molar-refractivity contribution in [2.75, 3.05) is 40.1 Å². The number of hydrogen-bond acceptors (Lipinski definition) is 5. The van der Waals surface area contributed by atoms with Gasteiger partial charge in [0.25, 0.3) is 0 Å². The molecule has 2 aliphatic rings. The molecule has 2 aliphatic heterocycles. The minimum atomic E-state index is -0.249.